The second-order valence-electron chi connectivity index (χ2n) is 8.51. The Kier molecular flexibility index (Phi) is 7.61. The van der Waals surface area contributed by atoms with Gasteiger partial charge < -0.3 is 9.47 Å². The lowest BCUT2D eigenvalue weighted by Crippen LogP contribution is -2.50. The molecule has 7 heteroatoms. The number of nitrogens with zero attached hydrogens (tertiary/aromatic N) is 3. The van der Waals surface area contributed by atoms with Gasteiger partial charge in [0.15, 0.2) is 0 Å². The van der Waals surface area contributed by atoms with Crippen molar-refractivity contribution in [2.24, 2.45) is 4.99 Å². The fourth-order valence-corrected chi connectivity index (χ4v) is 2.13. The fourth-order valence-electron chi connectivity index (χ4n) is 2.13. The Hall–Kier alpha value is -2.57. The van der Waals surface area contributed by atoms with Gasteiger partial charge in [0.25, 0.3) is 0 Å². The van der Waals surface area contributed by atoms with E-state index in [4.69, 9.17) is 9.47 Å². The SMILES string of the molecule is CCN(C(=O)OC(C)(C)C)/C(=N/c1ccc(C)cc1)N(C)C(=O)OC(C)(C)C. The Labute approximate surface area is 168 Å². The summed E-state index contributed by atoms with van der Waals surface area (Å²) in [7, 11) is 1.52. The third-order valence-electron chi connectivity index (χ3n) is 3.40. The van der Waals surface area contributed by atoms with Crippen LogP contribution in [0, 0.1) is 6.92 Å². The Morgan fingerprint density at radius 3 is 1.82 bits per heavy atom. The largest absolute Gasteiger partial charge is 0.443 e. The lowest BCUT2D eigenvalue weighted by atomic mass is 10.2. The maximum atomic E-state index is 12.7. The number of carbonyl (C=O) groups excluding carboxylic acids is 2. The molecule has 0 fully saturated rings. The molecule has 156 valence electrons. The van der Waals surface area contributed by atoms with Gasteiger partial charge in [-0.2, -0.15) is 0 Å². The van der Waals surface area contributed by atoms with Crippen molar-refractivity contribution in [3.8, 4) is 0 Å². The molecule has 0 bridgehead atoms. The Bertz CT molecular complexity index is 713. The maximum Gasteiger partial charge on any atom is 0.417 e. The van der Waals surface area contributed by atoms with E-state index in [-0.39, 0.29) is 12.5 Å². The standard InChI is InChI=1S/C21H33N3O4/c1-10-24(19(26)28-21(6,7)8)17(22-16-13-11-15(2)12-14-16)23(9)18(25)27-20(3,4)5/h11-14H,10H2,1-9H3/b22-17+. The van der Waals surface area contributed by atoms with Gasteiger partial charge in [0, 0.05) is 13.6 Å². The van der Waals surface area contributed by atoms with E-state index in [0.717, 1.165) is 5.56 Å². The summed E-state index contributed by atoms with van der Waals surface area (Å²) in [5.74, 6) is 0.134. The zero-order valence-corrected chi connectivity index (χ0v) is 18.5. The molecule has 0 heterocycles. The van der Waals surface area contributed by atoms with Crippen molar-refractivity contribution in [1.29, 1.82) is 0 Å². The van der Waals surface area contributed by atoms with E-state index < -0.39 is 23.4 Å². The van der Waals surface area contributed by atoms with Crippen molar-refractivity contribution in [3.05, 3.63) is 29.8 Å². The van der Waals surface area contributed by atoms with Gasteiger partial charge in [-0.15, -0.1) is 0 Å². The summed E-state index contributed by atoms with van der Waals surface area (Å²) in [6, 6.07) is 7.46. The van der Waals surface area contributed by atoms with Crippen LogP contribution in [0.25, 0.3) is 0 Å². The van der Waals surface area contributed by atoms with Crippen LogP contribution in [0.4, 0.5) is 15.3 Å². The number of amides is 2. The van der Waals surface area contributed by atoms with E-state index in [1.54, 1.807) is 48.5 Å². The first-order valence-corrected chi connectivity index (χ1v) is 9.36. The van der Waals surface area contributed by atoms with Crippen molar-refractivity contribution in [3.63, 3.8) is 0 Å². The number of guanidine groups is 1. The van der Waals surface area contributed by atoms with E-state index in [0.29, 0.717) is 5.69 Å². The highest BCUT2D eigenvalue weighted by atomic mass is 16.6. The number of carbonyl (C=O) groups is 2. The molecule has 0 unspecified atom stereocenters. The molecule has 28 heavy (non-hydrogen) atoms. The van der Waals surface area contributed by atoms with Crippen molar-refractivity contribution in [2.75, 3.05) is 13.6 Å². The number of ether oxygens (including phenoxy) is 2. The number of aliphatic imine (C=N–C) groups is 1. The van der Waals surface area contributed by atoms with Crippen molar-refractivity contribution in [1.82, 2.24) is 9.80 Å². The molecule has 0 atom stereocenters. The first kappa shape index (κ1) is 23.5. The molecule has 7 nitrogen and oxygen atoms in total. The van der Waals surface area contributed by atoms with Crippen LogP contribution in [0.1, 0.15) is 54.0 Å². The lowest BCUT2D eigenvalue weighted by Gasteiger charge is -2.31. The van der Waals surface area contributed by atoms with E-state index in [1.807, 2.05) is 31.2 Å². The zero-order valence-electron chi connectivity index (χ0n) is 18.5. The molecule has 0 aromatic heterocycles. The van der Waals surface area contributed by atoms with Crippen LogP contribution in [0.2, 0.25) is 0 Å². The second-order valence-corrected chi connectivity index (χ2v) is 8.51. The molecular weight excluding hydrogens is 358 g/mol. The number of aryl methyl sites for hydroxylation is 1. The summed E-state index contributed by atoms with van der Waals surface area (Å²) in [5, 5.41) is 0. The predicted octanol–water partition coefficient (Wildman–Crippen LogP) is 5.11. The smallest absolute Gasteiger partial charge is 0.417 e. The van der Waals surface area contributed by atoms with Crippen molar-refractivity contribution >= 4 is 23.8 Å². The van der Waals surface area contributed by atoms with E-state index >= 15 is 0 Å². The predicted molar refractivity (Wildman–Crippen MR) is 111 cm³/mol. The second kappa shape index (κ2) is 9.08. The Balaban J connectivity index is 3.34. The van der Waals surface area contributed by atoms with Crippen LogP contribution in [0.5, 0.6) is 0 Å². The molecule has 1 rings (SSSR count). The number of benzene rings is 1. The first-order chi connectivity index (χ1) is 12.7. The number of rotatable bonds is 2. The van der Waals surface area contributed by atoms with Gasteiger partial charge >= 0.3 is 12.2 Å². The van der Waals surface area contributed by atoms with E-state index in [1.165, 1.54) is 16.8 Å². The van der Waals surface area contributed by atoms with Crippen LogP contribution in [-0.4, -0.2) is 52.7 Å². The van der Waals surface area contributed by atoms with E-state index in [2.05, 4.69) is 4.99 Å². The molecule has 1 aromatic carbocycles. The molecule has 0 aliphatic heterocycles. The summed E-state index contributed by atoms with van der Waals surface area (Å²) < 4.78 is 10.9. The van der Waals surface area contributed by atoms with Gasteiger partial charge in [-0.05, 0) is 67.5 Å². The fraction of sp³-hybridized carbons (Fsp3) is 0.571. The summed E-state index contributed by atoms with van der Waals surface area (Å²) in [4.78, 5) is 32.4. The van der Waals surface area contributed by atoms with Crippen molar-refractivity contribution < 1.29 is 19.1 Å². The molecule has 0 aliphatic carbocycles. The highest BCUT2D eigenvalue weighted by molar-refractivity contribution is 6.02. The monoisotopic (exact) mass is 391 g/mol. The number of hydrogen-bond acceptors (Lipinski definition) is 5. The molecule has 2 amide bonds. The van der Waals surface area contributed by atoms with Crippen LogP contribution in [-0.2, 0) is 9.47 Å². The minimum absolute atomic E-state index is 0.134. The van der Waals surface area contributed by atoms with Gasteiger partial charge in [-0.1, -0.05) is 17.7 Å². The third kappa shape index (κ3) is 7.58. The Morgan fingerprint density at radius 2 is 1.39 bits per heavy atom. The normalized spacial score (nSPS) is 12.4. The zero-order chi connectivity index (χ0) is 21.7. The summed E-state index contributed by atoms with van der Waals surface area (Å²) in [6.45, 7) is 14.7. The lowest BCUT2D eigenvalue weighted by molar-refractivity contribution is 0.0305. The van der Waals surface area contributed by atoms with Gasteiger partial charge in [0.2, 0.25) is 5.96 Å². The highest BCUT2D eigenvalue weighted by Crippen LogP contribution is 2.18. The molecule has 0 saturated carbocycles. The molecule has 0 radical (unpaired) electrons. The first-order valence-electron chi connectivity index (χ1n) is 9.36. The van der Waals surface area contributed by atoms with Crippen LogP contribution in [0.3, 0.4) is 0 Å². The molecule has 1 aromatic rings. The average Bonchev–Trinajstić information content (AvgIpc) is 2.52. The summed E-state index contributed by atoms with van der Waals surface area (Å²) in [6.07, 6.45) is -1.20. The van der Waals surface area contributed by atoms with E-state index in [9.17, 15) is 9.59 Å². The molecule has 0 spiro atoms. The number of hydrogen-bond donors (Lipinski definition) is 0. The minimum Gasteiger partial charge on any atom is -0.443 e. The average molecular weight is 392 g/mol. The molecular formula is C21H33N3O4. The van der Waals surface area contributed by atoms with Crippen LogP contribution in [0.15, 0.2) is 29.3 Å². The molecule has 0 saturated heterocycles. The molecule has 0 aliphatic rings. The van der Waals surface area contributed by atoms with Gasteiger partial charge in [-0.3, -0.25) is 0 Å². The van der Waals surface area contributed by atoms with Gasteiger partial charge in [0.1, 0.15) is 11.2 Å². The van der Waals surface area contributed by atoms with Crippen LogP contribution < -0.4 is 0 Å². The summed E-state index contributed by atoms with van der Waals surface area (Å²) >= 11 is 0. The van der Waals surface area contributed by atoms with Crippen LogP contribution >= 0.6 is 0 Å². The Morgan fingerprint density at radius 1 is 0.929 bits per heavy atom. The minimum atomic E-state index is -0.677. The summed E-state index contributed by atoms with van der Waals surface area (Å²) in [5.41, 5.74) is 0.339. The van der Waals surface area contributed by atoms with Crippen molar-refractivity contribution in [2.45, 2.75) is 66.6 Å². The highest BCUT2D eigenvalue weighted by Gasteiger charge is 2.31. The maximum absolute atomic E-state index is 12.7. The molecule has 0 N–H and O–H groups in total. The quantitative estimate of drug-likeness (QED) is 0.519. The van der Waals surface area contributed by atoms with Gasteiger partial charge in [-0.25, -0.2) is 24.4 Å². The topological polar surface area (TPSA) is 71.4 Å². The third-order valence-corrected chi connectivity index (χ3v) is 3.40. The van der Waals surface area contributed by atoms with Gasteiger partial charge in [0.05, 0.1) is 5.69 Å².